The largest absolute Gasteiger partial charge is 0.0654 e. The highest BCUT2D eigenvalue weighted by Gasteiger charge is 2.11. The van der Waals surface area contributed by atoms with Crippen LogP contribution in [0.4, 0.5) is 0 Å². The van der Waals surface area contributed by atoms with Gasteiger partial charge in [0.1, 0.15) is 0 Å². The maximum Gasteiger partial charge on any atom is 0.0128 e. The lowest BCUT2D eigenvalue weighted by Gasteiger charge is -2.15. The maximum absolute atomic E-state index is 2.34. The van der Waals surface area contributed by atoms with Gasteiger partial charge in [-0.1, -0.05) is 154 Å². The summed E-state index contributed by atoms with van der Waals surface area (Å²) in [5.41, 5.74) is 0. The van der Waals surface area contributed by atoms with E-state index in [1.807, 2.05) is 0 Å². The molecule has 0 unspecified atom stereocenters. The Morgan fingerprint density at radius 1 is 0.407 bits per heavy atom. The van der Waals surface area contributed by atoms with Crippen molar-refractivity contribution in [2.75, 3.05) is 0 Å². The van der Waals surface area contributed by atoms with Crippen molar-refractivity contribution in [3.05, 3.63) is 0 Å². The van der Waals surface area contributed by atoms with Gasteiger partial charge in [0.05, 0.1) is 0 Å². The molecule has 0 spiro atoms. The molecule has 0 fully saturated rings. The topological polar surface area (TPSA) is 0 Å². The van der Waals surface area contributed by atoms with Crippen LogP contribution in [0.25, 0.3) is 0 Å². The lowest BCUT2D eigenvalue weighted by atomic mass is 10.1. The second-order valence-electron chi connectivity index (χ2n) is 9.24. The van der Waals surface area contributed by atoms with Crippen molar-refractivity contribution >= 4 is 25.9 Å². The van der Waals surface area contributed by atoms with Gasteiger partial charge in [0.25, 0.3) is 0 Å². The highest BCUT2D eigenvalue weighted by atomic mass is 29.6. The number of hydrogen-bond donors (Lipinski definition) is 0. The van der Waals surface area contributed by atoms with Crippen LogP contribution in [0.1, 0.15) is 136 Å². The fourth-order valence-electron chi connectivity index (χ4n) is 4.43. The second kappa shape index (κ2) is 24.7. The Morgan fingerprint density at radius 3 is 1.15 bits per heavy atom. The monoisotopic (exact) mass is 428 g/mol. The van der Waals surface area contributed by atoms with E-state index in [-0.39, 0.29) is 7.83 Å². The standard InChI is InChI=1S/C24H56Si3/c1-4-7-10-13-16-19-22-25-27(24-21-18-15-12-9-6-3)26-23-20-17-14-11-8-5-2/h27H,4-26H2,1-3H3. The third-order valence-electron chi connectivity index (χ3n) is 6.40. The molecular weight excluding hydrogens is 373 g/mol. The Kier molecular flexibility index (Phi) is 25.3. The van der Waals surface area contributed by atoms with Crippen molar-refractivity contribution in [1.29, 1.82) is 0 Å². The molecule has 0 rings (SSSR count). The molecule has 0 radical (unpaired) electrons. The molecule has 0 aliphatic heterocycles. The Hall–Kier alpha value is 0.651. The van der Waals surface area contributed by atoms with Crippen molar-refractivity contribution in [3.63, 3.8) is 0 Å². The fraction of sp³-hybridized carbons (Fsp3) is 1.00. The Morgan fingerprint density at radius 2 is 0.741 bits per heavy atom. The molecule has 0 aliphatic rings. The Labute approximate surface area is 180 Å². The molecule has 0 N–H and O–H groups in total. The number of unbranched alkanes of at least 4 members (excludes halogenated alkanes) is 15. The van der Waals surface area contributed by atoms with Crippen LogP contribution < -0.4 is 0 Å². The first kappa shape index (κ1) is 27.7. The van der Waals surface area contributed by atoms with Gasteiger partial charge in [-0.05, 0) is 0 Å². The minimum Gasteiger partial charge on any atom is -0.0654 e. The van der Waals surface area contributed by atoms with E-state index in [0.29, 0.717) is 18.1 Å². The van der Waals surface area contributed by atoms with Crippen LogP contribution in [0, 0.1) is 0 Å². The first-order valence-electron chi connectivity index (χ1n) is 13.3. The first-order valence-corrected chi connectivity index (χ1v) is 22.7. The summed E-state index contributed by atoms with van der Waals surface area (Å²) in [5.74, 6) is 0. The zero-order chi connectivity index (χ0) is 19.8. The van der Waals surface area contributed by atoms with Gasteiger partial charge >= 0.3 is 0 Å². The summed E-state index contributed by atoms with van der Waals surface area (Å²) in [6.45, 7) is 7.00. The molecule has 0 aromatic heterocycles. The van der Waals surface area contributed by atoms with E-state index in [9.17, 15) is 0 Å². The summed E-state index contributed by atoms with van der Waals surface area (Å²) in [7, 11) is 0.645. The smallest absolute Gasteiger partial charge is 0.0128 e. The minimum absolute atomic E-state index is 0.145. The Balaban J connectivity index is 3.78. The van der Waals surface area contributed by atoms with Gasteiger partial charge in [-0.2, -0.15) is 0 Å². The zero-order valence-electron chi connectivity index (χ0n) is 19.8. The quantitative estimate of drug-likeness (QED) is 0.117. The molecule has 0 amide bonds. The van der Waals surface area contributed by atoms with Gasteiger partial charge < -0.3 is 0 Å². The number of rotatable bonds is 23. The molecule has 0 saturated heterocycles. The van der Waals surface area contributed by atoms with E-state index in [1.54, 1.807) is 56.7 Å². The SMILES string of the molecule is CCCCCCCC[SiH2][SiH](CCCCCCCC)[SiH2]CCCCCCCC. The van der Waals surface area contributed by atoms with E-state index in [2.05, 4.69) is 20.8 Å². The molecule has 164 valence electrons. The molecule has 0 aliphatic carbocycles. The molecule has 0 nitrogen and oxygen atoms in total. The van der Waals surface area contributed by atoms with Crippen LogP contribution >= 0.6 is 0 Å². The number of hydrogen-bond acceptors (Lipinski definition) is 0. The molecule has 0 bridgehead atoms. The van der Waals surface area contributed by atoms with Crippen LogP contribution in [0.15, 0.2) is 0 Å². The van der Waals surface area contributed by atoms with Crippen molar-refractivity contribution in [1.82, 2.24) is 0 Å². The van der Waals surface area contributed by atoms with Gasteiger partial charge in [-0.3, -0.25) is 0 Å². The molecule has 3 heteroatoms. The van der Waals surface area contributed by atoms with Crippen LogP contribution in [0.3, 0.4) is 0 Å². The van der Waals surface area contributed by atoms with Crippen LogP contribution in [-0.2, 0) is 0 Å². The van der Waals surface area contributed by atoms with Crippen LogP contribution in [-0.4, -0.2) is 25.9 Å². The molecule has 27 heavy (non-hydrogen) atoms. The van der Waals surface area contributed by atoms with Crippen LogP contribution in [0.5, 0.6) is 0 Å². The van der Waals surface area contributed by atoms with Crippen molar-refractivity contribution in [2.24, 2.45) is 0 Å². The molecule has 0 aromatic rings. The van der Waals surface area contributed by atoms with E-state index in [4.69, 9.17) is 0 Å². The summed E-state index contributed by atoms with van der Waals surface area (Å²) in [6.07, 6.45) is 27.3. The summed E-state index contributed by atoms with van der Waals surface area (Å²) in [6, 6.07) is 5.26. The van der Waals surface area contributed by atoms with E-state index < -0.39 is 0 Å². The summed E-state index contributed by atoms with van der Waals surface area (Å²) >= 11 is 0. The highest BCUT2D eigenvalue weighted by molar-refractivity contribution is 7.39. The third-order valence-corrected chi connectivity index (χ3v) is 28.2. The van der Waals surface area contributed by atoms with E-state index in [0.717, 1.165) is 0 Å². The predicted molar refractivity (Wildman–Crippen MR) is 139 cm³/mol. The molecule has 0 saturated carbocycles. The molecule has 0 heterocycles. The average molecular weight is 429 g/mol. The fourth-order valence-corrected chi connectivity index (χ4v) is 25.9. The van der Waals surface area contributed by atoms with E-state index in [1.165, 1.54) is 77.0 Å². The van der Waals surface area contributed by atoms with Crippen molar-refractivity contribution < 1.29 is 0 Å². The third kappa shape index (κ3) is 22.8. The molecule has 0 aromatic carbocycles. The average Bonchev–Trinajstić information content (AvgIpc) is 2.68. The van der Waals surface area contributed by atoms with Crippen LogP contribution in [0.2, 0.25) is 18.1 Å². The normalized spacial score (nSPS) is 13.4. The Bertz CT molecular complexity index is 240. The molecular formula is C24H56Si3. The van der Waals surface area contributed by atoms with Gasteiger partial charge in [0, 0.05) is 25.9 Å². The zero-order valence-corrected chi connectivity index (χ0v) is 23.8. The first-order chi connectivity index (χ1) is 13.3. The highest BCUT2D eigenvalue weighted by Crippen LogP contribution is 2.13. The van der Waals surface area contributed by atoms with Gasteiger partial charge in [-0.25, -0.2) is 0 Å². The predicted octanol–water partition coefficient (Wildman–Crippen LogP) is 7.46. The minimum atomic E-state index is -0.145. The lowest BCUT2D eigenvalue weighted by Crippen LogP contribution is -2.30. The van der Waals surface area contributed by atoms with E-state index >= 15 is 0 Å². The summed E-state index contributed by atoms with van der Waals surface area (Å²) in [5, 5.41) is 0. The maximum atomic E-state index is 2.34. The van der Waals surface area contributed by atoms with Crippen molar-refractivity contribution in [2.45, 2.75) is 154 Å². The summed E-state index contributed by atoms with van der Waals surface area (Å²) < 4.78 is 0. The lowest BCUT2D eigenvalue weighted by molar-refractivity contribution is 0.622. The van der Waals surface area contributed by atoms with Crippen molar-refractivity contribution in [3.8, 4) is 0 Å². The summed E-state index contributed by atoms with van der Waals surface area (Å²) in [4.78, 5) is 0. The van der Waals surface area contributed by atoms with Gasteiger partial charge in [-0.15, -0.1) is 0 Å². The molecule has 0 atom stereocenters. The van der Waals surface area contributed by atoms with Gasteiger partial charge in [0.2, 0.25) is 0 Å². The second-order valence-corrected chi connectivity index (χ2v) is 28.0. The van der Waals surface area contributed by atoms with Gasteiger partial charge in [0.15, 0.2) is 0 Å².